The minimum absolute atomic E-state index is 0.0691. The van der Waals surface area contributed by atoms with Crippen LogP contribution in [0.3, 0.4) is 0 Å². The van der Waals surface area contributed by atoms with E-state index in [1.807, 2.05) is 39.0 Å². The summed E-state index contributed by atoms with van der Waals surface area (Å²) in [4.78, 5) is 32.6. The SMILES string of the molecule is CCCSc1ncc(Cl)c(C(=O)NCC(=O)Nc2ccc(C)cc2C)n1. The molecule has 0 radical (unpaired) electrons. The first kappa shape index (κ1) is 20.2. The van der Waals surface area contributed by atoms with Crippen LogP contribution in [-0.4, -0.2) is 34.1 Å². The van der Waals surface area contributed by atoms with Gasteiger partial charge in [-0.25, -0.2) is 9.97 Å². The van der Waals surface area contributed by atoms with E-state index in [0.717, 1.165) is 23.3 Å². The lowest BCUT2D eigenvalue weighted by atomic mass is 10.1. The largest absolute Gasteiger partial charge is 0.342 e. The molecule has 0 saturated heterocycles. The van der Waals surface area contributed by atoms with E-state index in [2.05, 4.69) is 20.6 Å². The number of carbonyl (C=O) groups is 2. The summed E-state index contributed by atoms with van der Waals surface area (Å²) in [7, 11) is 0. The second-order valence-electron chi connectivity index (χ2n) is 5.75. The van der Waals surface area contributed by atoms with Crippen LogP contribution >= 0.6 is 23.4 Å². The number of nitrogens with zero attached hydrogens (tertiary/aromatic N) is 2. The number of hydrogen-bond donors (Lipinski definition) is 2. The molecular formula is C18H21ClN4O2S. The molecule has 1 aromatic heterocycles. The van der Waals surface area contributed by atoms with Crippen molar-refractivity contribution < 1.29 is 9.59 Å². The normalized spacial score (nSPS) is 10.5. The molecule has 6 nitrogen and oxygen atoms in total. The van der Waals surface area contributed by atoms with Crippen LogP contribution in [0.25, 0.3) is 0 Å². The van der Waals surface area contributed by atoms with Gasteiger partial charge in [0.25, 0.3) is 5.91 Å². The molecule has 0 fully saturated rings. The molecular weight excluding hydrogens is 372 g/mol. The number of aryl methyl sites for hydroxylation is 2. The van der Waals surface area contributed by atoms with Crippen LogP contribution < -0.4 is 10.6 Å². The molecule has 0 aliphatic rings. The Morgan fingerprint density at radius 3 is 2.73 bits per heavy atom. The van der Waals surface area contributed by atoms with E-state index < -0.39 is 5.91 Å². The third-order valence-electron chi connectivity index (χ3n) is 3.44. The van der Waals surface area contributed by atoms with Crippen molar-refractivity contribution in [2.45, 2.75) is 32.3 Å². The molecule has 0 aliphatic heterocycles. The fourth-order valence-electron chi connectivity index (χ4n) is 2.17. The number of anilines is 1. The van der Waals surface area contributed by atoms with Crippen LogP contribution in [0.15, 0.2) is 29.6 Å². The first-order valence-corrected chi connectivity index (χ1v) is 9.57. The molecule has 2 N–H and O–H groups in total. The second-order valence-corrected chi connectivity index (χ2v) is 7.22. The van der Waals surface area contributed by atoms with E-state index in [-0.39, 0.29) is 23.2 Å². The van der Waals surface area contributed by atoms with Gasteiger partial charge in [-0.2, -0.15) is 0 Å². The summed E-state index contributed by atoms with van der Waals surface area (Å²) < 4.78 is 0. The number of hydrogen-bond acceptors (Lipinski definition) is 5. The topological polar surface area (TPSA) is 84.0 Å². The maximum absolute atomic E-state index is 12.3. The number of carbonyl (C=O) groups excluding carboxylic acids is 2. The molecule has 0 atom stereocenters. The lowest BCUT2D eigenvalue weighted by molar-refractivity contribution is -0.115. The number of rotatable bonds is 7. The maximum atomic E-state index is 12.3. The van der Waals surface area contributed by atoms with Gasteiger partial charge in [-0.15, -0.1) is 0 Å². The highest BCUT2D eigenvalue weighted by Gasteiger charge is 2.15. The number of halogens is 1. The van der Waals surface area contributed by atoms with E-state index in [1.54, 1.807) is 0 Å². The van der Waals surface area contributed by atoms with Crippen LogP contribution in [0.1, 0.15) is 35.0 Å². The van der Waals surface area contributed by atoms with Crippen molar-refractivity contribution >= 4 is 40.9 Å². The van der Waals surface area contributed by atoms with Gasteiger partial charge >= 0.3 is 0 Å². The van der Waals surface area contributed by atoms with Gasteiger partial charge in [0.2, 0.25) is 5.91 Å². The van der Waals surface area contributed by atoms with Crippen molar-refractivity contribution in [3.63, 3.8) is 0 Å². The monoisotopic (exact) mass is 392 g/mol. The Morgan fingerprint density at radius 1 is 1.27 bits per heavy atom. The van der Waals surface area contributed by atoms with Gasteiger partial charge in [-0.05, 0) is 31.9 Å². The number of amides is 2. The molecule has 0 unspecified atom stereocenters. The second kappa shape index (κ2) is 9.54. The Bertz CT molecular complexity index is 814. The highest BCUT2D eigenvalue weighted by molar-refractivity contribution is 7.99. The van der Waals surface area contributed by atoms with E-state index in [0.29, 0.717) is 10.8 Å². The first-order valence-electron chi connectivity index (χ1n) is 8.21. The van der Waals surface area contributed by atoms with E-state index >= 15 is 0 Å². The highest BCUT2D eigenvalue weighted by Crippen LogP contribution is 2.19. The summed E-state index contributed by atoms with van der Waals surface area (Å²) in [5.41, 5.74) is 2.86. The van der Waals surface area contributed by atoms with Crippen molar-refractivity contribution in [3.05, 3.63) is 46.2 Å². The minimum atomic E-state index is -0.508. The van der Waals surface area contributed by atoms with Crippen LogP contribution in [0.5, 0.6) is 0 Å². The molecule has 2 amide bonds. The minimum Gasteiger partial charge on any atom is -0.342 e. The van der Waals surface area contributed by atoms with Crippen LogP contribution in [0.4, 0.5) is 5.69 Å². The van der Waals surface area contributed by atoms with Crippen LogP contribution in [0.2, 0.25) is 5.02 Å². The molecule has 0 aliphatic carbocycles. The molecule has 2 rings (SSSR count). The maximum Gasteiger partial charge on any atom is 0.272 e. The highest BCUT2D eigenvalue weighted by atomic mass is 35.5. The lowest BCUT2D eigenvalue weighted by Gasteiger charge is -2.10. The summed E-state index contributed by atoms with van der Waals surface area (Å²) in [5.74, 6) is 0.0173. The zero-order chi connectivity index (χ0) is 19.1. The summed E-state index contributed by atoms with van der Waals surface area (Å²) in [6.45, 7) is 5.77. The molecule has 0 bridgehead atoms. The van der Waals surface area contributed by atoms with Gasteiger partial charge in [0.15, 0.2) is 10.9 Å². The fraction of sp³-hybridized carbons (Fsp3) is 0.333. The van der Waals surface area contributed by atoms with Crippen molar-refractivity contribution in [2.24, 2.45) is 0 Å². The molecule has 2 aromatic rings. The number of benzene rings is 1. The molecule has 1 heterocycles. The molecule has 8 heteroatoms. The van der Waals surface area contributed by atoms with Gasteiger partial charge in [0, 0.05) is 11.4 Å². The van der Waals surface area contributed by atoms with Crippen LogP contribution in [-0.2, 0) is 4.79 Å². The standard InChI is InChI=1S/C18H21ClN4O2S/c1-4-7-26-18-21-9-13(19)16(23-18)17(25)20-10-15(24)22-14-6-5-11(2)8-12(14)3/h5-6,8-9H,4,7,10H2,1-3H3,(H,20,25)(H,22,24). The molecule has 0 saturated carbocycles. The van der Waals surface area contributed by atoms with Crippen molar-refractivity contribution in [2.75, 3.05) is 17.6 Å². The molecule has 1 aromatic carbocycles. The van der Waals surface area contributed by atoms with Crippen molar-refractivity contribution in [1.82, 2.24) is 15.3 Å². The van der Waals surface area contributed by atoms with Crippen molar-refractivity contribution in [1.29, 1.82) is 0 Å². The fourth-order valence-corrected chi connectivity index (χ4v) is 3.01. The Hall–Kier alpha value is -2.12. The lowest BCUT2D eigenvalue weighted by Crippen LogP contribution is -2.33. The van der Waals surface area contributed by atoms with E-state index in [1.165, 1.54) is 18.0 Å². The first-order chi connectivity index (χ1) is 12.4. The van der Waals surface area contributed by atoms with E-state index in [9.17, 15) is 9.59 Å². The van der Waals surface area contributed by atoms with Gasteiger partial charge in [-0.1, -0.05) is 48.0 Å². The zero-order valence-electron chi connectivity index (χ0n) is 14.9. The third kappa shape index (κ3) is 5.71. The smallest absolute Gasteiger partial charge is 0.272 e. The summed E-state index contributed by atoms with van der Waals surface area (Å²) >= 11 is 7.46. The molecule has 26 heavy (non-hydrogen) atoms. The Labute approximate surface area is 162 Å². The predicted octanol–water partition coefficient (Wildman–Crippen LogP) is 3.62. The average Bonchev–Trinajstić information content (AvgIpc) is 2.61. The van der Waals surface area contributed by atoms with Gasteiger partial charge in [-0.3, -0.25) is 9.59 Å². The van der Waals surface area contributed by atoms with Gasteiger partial charge in [0.05, 0.1) is 17.8 Å². The molecule has 138 valence electrons. The van der Waals surface area contributed by atoms with Crippen molar-refractivity contribution in [3.8, 4) is 0 Å². The number of nitrogens with one attached hydrogen (secondary N) is 2. The predicted molar refractivity (Wildman–Crippen MR) is 105 cm³/mol. The summed E-state index contributed by atoms with van der Waals surface area (Å²) in [6.07, 6.45) is 2.37. The Balaban J connectivity index is 1.96. The Morgan fingerprint density at radius 2 is 2.04 bits per heavy atom. The summed E-state index contributed by atoms with van der Waals surface area (Å²) in [6, 6.07) is 5.73. The van der Waals surface area contributed by atoms with E-state index in [4.69, 9.17) is 11.6 Å². The van der Waals surface area contributed by atoms with Gasteiger partial charge in [0.1, 0.15) is 0 Å². The van der Waals surface area contributed by atoms with Gasteiger partial charge < -0.3 is 10.6 Å². The summed E-state index contributed by atoms with van der Waals surface area (Å²) in [5, 5.41) is 5.95. The third-order valence-corrected chi connectivity index (χ3v) is 4.78. The average molecular weight is 393 g/mol. The Kier molecular flexibility index (Phi) is 7.41. The number of aromatic nitrogens is 2. The number of thioether (sulfide) groups is 1. The quantitative estimate of drug-likeness (QED) is 0.555. The molecule has 0 spiro atoms. The zero-order valence-corrected chi connectivity index (χ0v) is 16.5. The van der Waals surface area contributed by atoms with Crippen LogP contribution in [0, 0.1) is 13.8 Å².